The Morgan fingerprint density at radius 3 is 2.46 bits per heavy atom. The SMILES string of the molecule is CCCc1ccc(S(=O)(=O)NCCOCc2ccccc2Cl)cc1. The third-order valence-corrected chi connectivity index (χ3v) is 5.37. The quantitative estimate of drug-likeness (QED) is 0.686. The van der Waals surface area contributed by atoms with E-state index in [-0.39, 0.29) is 18.0 Å². The van der Waals surface area contributed by atoms with Gasteiger partial charge < -0.3 is 4.74 Å². The molecule has 4 nitrogen and oxygen atoms in total. The highest BCUT2D eigenvalue weighted by molar-refractivity contribution is 7.89. The molecule has 2 aromatic rings. The van der Waals surface area contributed by atoms with Crippen molar-refractivity contribution in [2.75, 3.05) is 13.2 Å². The van der Waals surface area contributed by atoms with E-state index in [0.717, 1.165) is 24.0 Å². The molecule has 1 N–H and O–H groups in total. The molecule has 0 aromatic heterocycles. The minimum absolute atomic E-state index is 0.212. The number of hydrogen-bond donors (Lipinski definition) is 1. The fourth-order valence-electron chi connectivity index (χ4n) is 2.25. The van der Waals surface area contributed by atoms with Crippen molar-refractivity contribution in [3.05, 3.63) is 64.7 Å². The van der Waals surface area contributed by atoms with E-state index in [1.165, 1.54) is 0 Å². The van der Waals surface area contributed by atoms with Crippen molar-refractivity contribution < 1.29 is 13.2 Å². The molecule has 0 spiro atoms. The van der Waals surface area contributed by atoms with E-state index in [4.69, 9.17) is 16.3 Å². The molecule has 2 rings (SSSR count). The summed E-state index contributed by atoms with van der Waals surface area (Å²) in [6.45, 7) is 2.93. The molecule has 0 heterocycles. The number of ether oxygens (including phenoxy) is 1. The Hall–Kier alpha value is -1.40. The molecule has 2 aromatic carbocycles. The number of halogens is 1. The van der Waals surface area contributed by atoms with Crippen molar-refractivity contribution in [2.24, 2.45) is 0 Å². The first-order valence-corrected chi connectivity index (χ1v) is 9.79. The normalized spacial score (nSPS) is 11.6. The number of aryl methyl sites for hydroxylation is 1. The number of sulfonamides is 1. The summed E-state index contributed by atoms with van der Waals surface area (Å²) >= 11 is 6.03. The van der Waals surface area contributed by atoms with Gasteiger partial charge in [0.1, 0.15) is 0 Å². The van der Waals surface area contributed by atoms with E-state index in [2.05, 4.69) is 11.6 Å². The first-order chi connectivity index (χ1) is 11.5. The van der Waals surface area contributed by atoms with Crippen molar-refractivity contribution in [1.82, 2.24) is 4.72 Å². The first kappa shape index (κ1) is 18.9. The maximum Gasteiger partial charge on any atom is 0.240 e. The lowest BCUT2D eigenvalue weighted by molar-refractivity contribution is 0.126. The van der Waals surface area contributed by atoms with Crippen LogP contribution in [0.1, 0.15) is 24.5 Å². The van der Waals surface area contributed by atoms with Crippen molar-refractivity contribution >= 4 is 21.6 Å². The van der Waals surface area contributed by atoms with Gasteiger partial charge in [-0.15, -0.1) is 0 Å². The highest BCUT2D eigenvalue weighted by Gasteiger charge is 2.12. The molecular weight excluding hydrogens is 346 g/mol. The van der Waals surface area contributed by atoms with Gasteiger partial charge in [-0.3, -0.25) is 0 Å². The predicted molar refractivity (Wildman–Crippen MR) is 96.7 cm³/mol. The zero-order valence-electron chi connectivity index (χ0n) is 13.7. The predicted octanol–water partition coefficient (Wildman–Crippen LogP) is 3.79. The van der Waals surface area contributed by atoms with Gasteiger partial charge in [-0.2, -0.15) is 0 Å². The zero-order valence-corrected chi connectivity index (χ0v) is 15.2. The minimum Gasteiger partial charge on any atom is -0.375 e. The van der Waals surface area contributed by atoms with Crippen LogP contribution in [-0.2, 0) is 27.8 Å². The average Bonchev–Trinajstić information content (AvgIpc) is 2.57. The Balaban J connectivity index is 1.79. The Labute approximate surface area is 148 Å². The summed E-state index contributed by atoms with van der Waals surface area (Å²) < 4.78 is 32.4. The largest absolute Gasteiger partial charge is 0.375 e. The van der Waals surface area contributed by atoms with E-state index in [9.17, 15) is 8.42 Å². The smallest absolute Gasteiger partial charge is 0.240 e. The van der Waals surface area contributed by atoms with Crippen molar-refractivity contribution in [1.29, 1.82) is 0 Å². The van der Waals surface area contributed by atoms with Gasteiger partial charge in [0.15, 0.2) is 0 Å². The van der Waals surface area contributed by atoms with Crippen LogP contribution < -0.4 is 4.72 Å². The molecular formula is C18H22ClNO3S. The number of nitrogens with one attached hydrogen (secondary N) is 1. The van der Waals surface area contributed by atoms with Gasteiger partial charge in [-0.1, -0.05) is 55.3 Å². The van der Waals surface area contributed by atoms with E-state index < -0.39 is 10.0 Å². The lowest BCUT2D eigenvalue weighted by Crippen LogP contribution is -2.27. The Bertz CT molecular complexity index is 745. The van der Waals surface area contributed by atoms with E-state index in [1.807, 2.05) is 30.3 Å². The molecule has 0 unspecified atom stereocenters. The fourth-order valence-corrected chi connectivity index (χ4v) is 3.46. The molecule has 0 aliphatic heterocycles. The van der Waals surface area contributed by atoms with Crippen LogP contribution in [0.3, 0.4) is 0 Å². The van der Waals surface area contributed by atoms with Gasteiger partial charge >= 0.3 is 0 Å². The van der Waals surface area contributed by atoms with Crippen LogP contribution in [0.4, 0.5) is 0 Å². The molecule has 0 aliphatic rings. The van der Waals surface area contributed by atoms with E-state index in [1.54, 1.807) is 18.2 Å². The summed E-state index contributed by atoms with van der Waals surface area (Å²) in [6, 6.07) is 14.4. The molecule has 130 valence electrons. The summed E-state index contributed by atoms with van der Waals surface area (Å²) in [7, 11) is -3.50. The van der Waals surface area contributed by atoms with Gasteiger partial charge in [-0.25, -0.2) is 13.1 Å². The van der Waals surface area contributed by atoms with Crippen LogP contribution in [0.2, 0.25) is 5.02 Å². The fraction of sp³-hybridized carbons (Fsp3) is 0.333. The van der Waals surface area contributed by atoms with Crippen LogP contribution in [-0.4, -0.2) is 21.6 Å². The maximum atomic E-state index is 12.2. The zero-order chi connectivity index (χ0) is 17.4. The summed E-state index contributed by atoms with van der Waals surface area (Å²) in [5.41, 5.74) is 2.02. The van der Waals surface area contributed by atoms with Crippen LogP contribution in [0.15, 0.2) is 53.4 Å². The molecule has 0 fully saturated rings. The Morgan fingerprint density at radius 2 is 1.79 bits per heavy atom. The highest BCUT2D eigenvalue weighted by atomic mass is 35.5. The number of benzene rings is 2. The van der Waals surface area contributed by atoms with Crippen LogP contribution >= 0.6 is 11.6 Å². The monoisotopic (exact) mass is 367 g/mol. The lowest BCUT2D eigenvalue weighted by Gasteiger charge is -2.09. The molecule has 0 bridgehead atoms. The third-order valence-electron chi connectivity index (χ3n) is 3.53. The van der Waals surface area contributed by atoms with Crippen LogP contribution in [0, 0.1) is 0 Å². The molecule has 24 heavy (non-hydrogen) atoms. The van der Waals surface area contributed by atoms with E-state index >= 15 is 0 Å². The molecule has 0 amide bonds. The van der Waals surface area contributed by atoms with Gasteiger partial charge in [0.25, 0.3) is 0 Å². The second-order valence-electron chi connectivity index (χ2n) is 5.44. The summed E-state index contributed by atoms with van der Waals surface area (Å²) in [4.78, 5) is 0.272. The molecule has 6 heteroatoms. The molecule has 0 aliphatic carbocycles. The maximum absolute atomic E-state index is 12.2. The van der Waals surface area contributed by atoms with Crippen molar-refractivity contribution in [3.8, 4) is 0 Å². The Kier molecular flexibility index (Phi) is 7.24. The summed E-state index contributed by atoms with van der Waals surface area (Å²) in [5.74, 6) is 0. The second kappa shape index (κ2) is 9.18. The molecule has 0 radical (unpaired) electrons. The van der Waals surface area contributed by atoms with Crippen LogP contribution in [0.5, 0.6) is 0 Å². The molecule has 0 saturated heterocycles. The summed E-state index contributed by atoms with van der Waals surface area (Å²) in [5, 5.41) is 0.644. The molecule has 0 saturated carbocycles. The van der Waals surface area contributed by atoms with Gasteiger partial charge in [-0.05, 0) is 35.7 Å². The standard InChI is InChI=1S/C18H22ClNO3S/c1-2-5-15-8-10-17(11-9-15)24(21,22)20-12-13-23-14-16-6-3-4-7-18(16)19/h3-4,6-11,20H,2,5,12-14H2,1H3. The highest BCUT2D eigenvalue weighted by Crippen LogP contribution is 2.15. The molecule has 0 atom stereocenters. The number of hydrogen-bond acceptors (Lipinski definition) is 3. The van der Waals surface area contributed by atoms with Gasteiger partial charge in [0.2, 0.25) is 10.0 Å². The minimum atomic E-state index is -3.50. The Morgan fingerprint density at radius 1 is 1.08 bits per heavy atom. The van der Waals surface area contributed by atoms with Gasteiger partial charge in [0.05, 0.1) is 18.1 Å². The second-order valence-corrected chi connectivity index (χ2v) is 7.61. The average molecular weight is 368 g/mol. The van der Waals surface area contributed by atoms with Crippen molar-refractivity contribution in [2.45, 2.75) is 31.3 Å². The summed E-state index contributed by atoms with van der Waals surface area (Å²) in [6.07, 6.45) is 1.98. The van der Waals surface area contributed by atoms with Crippen LogP contribution in [0.25, 0.3) is 0 Å². The lowest BCUT2D eigenvalue weighted by atomic mass is 10.1. The topological polar surface area (TPSA) is 55.4 Å². The third kappa shape index (κ3) is 5.60. The number of rotatable bonds is 9. The van der Waals surface area contributed by atoms with Gasteiger partial charge in [0, 0.05) is 11.6 Å². The van der Waals surface area contributed by atoms with E-state index in [0.29, 0.717) is 11.6 Å². The van der Waals surface area contributed by atoms with Crippen molar-refractivity contribution in [3.63, 3.8) is 0 Å². The first-order valence-electron chi connectivity index (χ1n) is 7.92.